The van der Waals surface area contributed by atoms with Gasteiger partial charge in [0.2, 0.25) is 0 Å². The fourth-order valence-electron chi connectivity index (χ4n) is 3.04. The molecule has 0 saturated carbocycles. The van der Waals surface area contributed by atoms with Crippen molar-refractivity contribution in [1.82, 2.24) is 9.80 Å². The van der Waals surface area contributed by atoms with Gasteiger partial charge in [-0.2, -0.15) is 0 Å². The van der Waals surface area contributed by atoms with E-state index in [9.17, 15) is 9.90 Å². The second kappa shape index (κ2) is 4.34. The molecular formula is C12H22N2O2. The summed E-state index contributed by atoms with van der Waals surface area (Å²) in [5, 5.41) is 9.34. The Morgan fingerprint density at radius 2 is 2.25 bits per heavy atom. The quantitative estimate of drug-likeness (QED) is 0.776. The summed E-state index contributed by atoms with van der Waals surface area (Å²) in [4.78, 5) is 16.1. The molecule has 92 valence electrons. The zero-order chi connectivity index (χ0) is 11.8. The van der Waals surface area contributed by atoms with Gasteiger partial charge in [0.1, 0.15) is 0 Å². The van der Waals surface area contributed by atoms with Crippen LogP contribution in [-0.4, -0.2) is 60.1 Å². The standard InChI is InChI=1S/C12H22N2O2/c1-3-12(11(15)16)5-7-14(9-12)10-4-6-13(2)8-10/h10H,3-9H2,1-2H3,(H,15,16). The molecule has 1 N–H and O–H groups in total. The lowest BCUT2D eigenvalue weighted by Crippen LogP contribution is -2.39. The third-order valence-electron chi connectivity index (χ3n) is 4.40. The van der Waals surface area contributed by atoms with Gasteiger partial charge in [-0.15, -0.1) is 0 Å². The number of hydrogen-bond donors (Lipinski definition) is 1. The van der Waals surface area contributed by atoms with E-state index in [1.54, 1.807) is 0 Å². The molecule has 4 heteroatoms. The van der Waals surface area contributed by atoms with Crippen molar-refractivity contribution in [2.24, 2.45) is 5.41 Å². The third kappa shape index (κ3) is 1.96. The molecule has 0 aromatic rings. The number of aliphatic carboxylic acids is 1. The largest absolute Gasteiger partial charge is 0.481 e. The van der Waals surface area contributed by atoms with Crippen LogP contribution in [0.2, 0.25) is 0 Å². The summed E-state index contributed by atoms with van der Waals surface area (Å²) in [6, 6.07) is 0.581. The van der Waals surface area contributed by atoms with Crippen molar-refractivity contribution >= 4 is 5.97 Å². The molecule has 0 bridgehead atoms. The lowest BCUT2D eigenvalue weighted by atomic mass is 9.84. The van der Waals surface area contributed by atoms with Crippen LogP contribution in [0.1, 0.15) is 26.2 Å². The molecule has 0 aromatic heterocycles. The number of rotatable bonds is 3. The lowest BCUT2D eigenvalue weighted by molar-refractivity contribution is -0.148. The van der Waals surface area contributed by atoms with Crippen LogP contribution in [-0.2, 0) is 4.79 Å². The SMILES string of the molecule is CCC1(C(=O)O)CCN(C2CCN(C)C2)C1. The van der Waals surface area contributed by atoms with Gasteiger partial charge in [0, 0.05) is 19.1 Å². The van der Waals surface area contributed by atoms with E-state index in [1.807, 2.05) is 6.92 Å². The van der Waals surface area contributed by atoms with Crippen molar-refractivity contribution in [1.29, 1.82) is 0 Å². The van der Waals surface area contributed by atoms with Gasteiger partial charge in [0.15, 0.2) is 0 Å². The fraction of sp³-hybridized carbons (Fsp3) is 0.917. The molecule has 0 amide bonds. The number of carbonyl (C=O) groups is 1. The molecule has 2 aliphatic rings. The Labute approximate surface area is 97.2 Å². The average Bonchev–Trinajstić information content (AvgIpc) is 2.84. The number of hydrogen-bond acceptors (Lipinski definition) is 3. The van der Waals surface area contributed by atoms with Crippen LogP contribution in [0.4, 0.5) is 0 Å². The maximum absolute atomic E-state index is 11.3. The number of nitrogens with zero attached hydrogens (tertiary/aromatic N) is 2. The first-order valence-corrected chi connectivity index (χ1v) is 6.23. The normalized spacial score (nSPS) is 37.0. The van der Waals surface area contributed by atoms with Crippen molar-refractivity contribution in [2.75, 3.05) is 33.2 Å². The van der Waals surface area contributed by atoms with E-state index in [4.69, 9.17) is 0 Å². The van der Waals surface area contributed by atoms with Crippen LogP contribution in [0.5, 0.6) is 0 Å². The molecule has 16 heavy (non-hydrogen) atoms. The summed E-state index contributed by atoms with van der Waals surface area (Å²) in [7, 11) is 2.14. The van der Waals surface area contributed by atoms with Crippen LogP contribution in [0.25, 0.3) is 0 Å². The summed E-state index contributed by atoms with van der Waals surface area (Å²) in [5.74, 6) is -0.608. The fourth-order valence-corrected chi connectivity index (χ4v) is 3.04. The molecule has 2 fully saturated rings. The number of likely N-dealkylation sites (tertiary alicyclic amines) is 2. The minimum absolute atomic E-state index is 0.471. The van der Waals surface area contributed by atoms with Crippen molar-refractivity contribution in [3.05, 3.63) is 0 Å². The van der Waals surface area contributed by atoms with E-state index in [0.717, 1.165) is 39.0 Å². The first-order valence-electron chi connectivity index (χ1n) is 6.23. The maximum atomic E-state index is 11.3. The van der Waals surface area contributed by atoms with E-state index in [1.165, 1.54) is 6.42 Å². The summed E-state index contributed by atoms with van der Waals surface area (Å²) in [6.07, 6.45) is 2.76. The minimum Gasteiger partial charge on any atom is -0.481 e. The van der Waals surface area contributed by atoms with E-state index in [2.05, 4.69) is 16.8 Å². The zero-order valence-corrected chi connectivity index (χ0v) is 10.3. The van der Waals surface area contributed by atoms with E-state index in [0.29, 0.717) is 6.04 Å². The zero-order valence-electron chi connectivity index (χ0n) is 10.3. The summed E-state index contributed by atoms with van der Waals surface area (Å²) >= 11 is 0. The predicted molar refractivity (Wildman–Crippen MR) is 62.5 cm³/mol. The topological polar surface area (TPSA) is 43.8 Å². The Morgan fingerprint density at radius 3 is 2.69 bits per heavy atom. The Kier molecular flexibility index (Phi) is 3.22. The third-order valence-corrected chi connectivity index (χ3v) is 4.40. The number of carboxylic acid groups (broad SMARTS) is 1. The minimum atomic E-state index is -0.608. The van der Waals surface area contributed by atoms with Crippen molar-refractivity contribution in [2.45, 2.75) is 32.2 Å². The Morgan fingerprint density at radius 1 is 1.50 bits per heavy atom. The molecule has 0 radical (unpaired) electrons. The van der Waals surface area contributed by atoms with Crippen molar-refractivity contribution < 1.29 is 9.90 Å². The molecule has 0 spiro atoms. The molecule has 2 aliphatic heterocycles. The van der Waals surface area contributed by atoms with Gasteiger partial charge >= 0.3 is 5.97 Å². The molecule has 2 atom stereocenters. The van der Waals surface area contributed by atoms with Gasteiger partial charge in [0.05, 0.1) is 5.41 Å². The van der Waals surface area contributed by atoms with Crippen LogP contribution < -0.4 is 0 Å². The Bertz CT molecular complexity index is 282. The Balaban J connectivity index is 1.99. The van der Waals surface area contributed by atoms with Gasteiger partial charge in [-0.1, -0.05) is 6.92 Å². The summed E-state index contributed by atoms with van der Waals surface area (Å²) in [6.45, 7) is 5.95. The molecule has 2 rings (SSSR count). The van der Waals surface area contributed by atoms with Crippen LogP contribution in [0, 0.1) is 5.41 Å². The highest BCUT2D eigenvalue weighted by atomic mass is 16.4. The highest BCUT2D eigenvalue weighted by Gasteiger charge is 2.45. The molecular weight excluding hydrogens is 204 g/mol. The highest BCUT2D eigenvalue weighted by Crippen LogP contribution is 2.36. The predicted octanol–water partition coefficient (Wildman–Crippen LogP) is 0.877. The lowest BCUT2D eigenvalue weighted by Gasteiger charge is -2.27. The molecule has 4 nitrogen and oxygen atoms in total. The van der Waals surface area contributed by atoms with Gasteiger partial charge in [0.25, 0.3) is 0 Å². The molecule has 2 heterocycles. The number of carboxylic acids is 1. The molecule has 0 aliphatic carbocycles. The van der Waals surface area contributed by atoms with Crippen molar-refractivity contribution in [3.8, 4) is 0 Å². The van der Waals surface area contributed by atoms with E-state index < -0.39 is 11.4 Å². The molecule has 0 aromatic carbocycles. The monoisotopic (exact) mass is 226 g/mol. The van der Waals surface area contributed by atoms with E-state index >= 15 is 0 Å². The smallest absolute Gasteiger partial charge is 0.310 e. The van der Waals surface area contributed by atoms with Gasteiger partial charge in [-0.05, 0) is 39.4 Å². The second-order valence-corrected chi connectivity index (χ2v) is 5.36. The molecule has 2 unspecified atom stereocenters. The van der Waals surface area contributed by atoms with Gasteiger partial charge in [-0.3, -0.25) is 9.69 Å². The Hall–Kier alpha value is -0.610. The molecule has 2 saturated heterocycles. The van der Waals surface area contributed by atoms with Crippen LogP contribution >= 0.6 is 0 Å². The van der Waals surface area contributed by atoms with Gasteiger partial charge in [-0.25, -0.2) is 0 Å². The summed E-state index contributed by atoms with van der Waals surface area (Å²) in [5.41, 5.74) is -0.471. The van der Waals surface area contributed by atoms with Crippen LogP contribution in [0.3, 0.4) is 0 Å². The first-order chi connectivity index (χ1) is 7.57. The van der Waals surface area contributed by atoms with E-state index in [-0.39, 0.29) is 0 Å². The first kappa shape index (κ1) is 11.9. The van der Waals surface area contributed by atoms with Crippen molar-refractivity contribution in [3.63, 3.8) is 0 Å². The second-order valence-electron chi connectivity index (χ2n) is 5.36. The summed E-state index contributed by atoms with van der Waals surface area (Å²) < 4.78 is 0. The average molecular weight is 226 g/mol. The number of likely N-dealkylation sites (N-methyl/N-ethyl adjacent to an activating group) is 1. The maximum Gasteiger partial charge on any atom is 0.310 e. The van der Waals surface area contributed by atoms with Crippen LogP contribution in [0.15, 0.2) is 0 Å². The van der Waals surface area contributed by atoms with Gasteiger partial charge < -0.3 is 10.0 Å². The highest BCUT2D eigenvalue weighted by molar-refractivity contribution is 5.75.